The molecule has 0 unspecified atom stereocenters. The Balaban J connectivity index is 2.54. The van der Waals surface area contributed by atoms with Crippen molar-refractivity contribution in [3.63, 3.8) is 0 Å². The molecule has 1 aromatic heterocycles. The van der Waals surface area contributed by atoms with Gasteiger partial charge < -0.3 is 4.57 Å². The van der Waals surface area contributed by atoms with Gasteiger partial charge in [0, 0.05) is 12.4 Å². The zero-order valence-electron chi connectivity index (χ0n) is 8.94. The van der Waals surface area contributed by atoms with Crippen LogP contribution in [0.5, 0.6) is 0 Å². The molecule has 0 aliphatic carbocycles. The van der Waals surface area contributed by atoms with Crippen LogP contribution in [0.4, 0.5) is 0 Å². The lowest BCUT2D eigenvalue weighted by atomic mass is 10.1. The third-order valence-electron chi connectivity index (χ3n) is 2.97. The van der Waals surface area contributed by atoms with Gasteiger partial charge in [-0.3, -0.25) is 0 Å². The highest BCUT2D eigenvalue weighted by atomic mass is 35.5. The van der Waals surface area contributed by atoms with E-state index in [4.69, 9.17) is 11.6 Å². The monoisotopic (exact) mass is 230 g/mol. The van der Waals surface area contributed by atoms with Crippen LogP contribution in [0.15, 0.2) is 36.4 Å². The van der Waals surface area contributed by atoms with E-state index < -0.39 is 0 Å². The molecule has 0 fully saturated rings. The number of alkyl halides is 1. The van der Waals surface area contributed by atoms with E-state index in [0.717, 1.165) is 16.9 Å². The second-order valence-corrected chi connectivity index (χ2v) is 4.14. The lowest BCUT2D eigenvalue weighted by Gasteiger charge is -2.02. The lowest BCUT2D eigenvalue weighted by Crippen LogP contribution is -1.94. The van der Waals surface area contributed by atoms with Crippen molar-refractivity contribution in [3.8, 4) is 0 Å². The molecule has 0 aliphatic heterocycles. The number of aromatic nitrogens is 2. The van der Waals surface area contributed by atoms with Crippen molar-refractivity contribution in [1.29, 1.82) is 0 Å². The maximum Gasteiger partial charge on any atom is 0.124 e. The highest BCUT2D eigenvalue weighted by Crippen LogP contribution is 2.25. The summed E-state index contributed by atoms with van der Waals surface area (Å²) in [4.78, 5) is 4.51. The van der Waals surface area contributed by atoms with Gasteiger partial charge in [-0.2, -0.15) is 0 Å². The van der Waals surface area contributed by atoms with Crippen LogP contribution >= 0.6 is 11.6 Å². The van der Waals surface area contributed by atoms with Crippen LogP contribution in [0.3, 0.4) is 0 Å². The fourth-order valence-corrected chi connectivity index (χ4v) is 2.39. The fourth-order valence-electron chi connectivity index (χ4n) is 2.15. The number of hydrogen-bond acceptors (Lipinski definition) is 1. The van der Waals surface area contributed by atoms with Crippen molar-refractivity contribution in [1.82, 2.24) is 9.55 Å². The van der Waals surface area contributed by atoms with Gasteiger partial charge in [-0.25, -0.2) is 4.98 Å². The summed E-state index contributed by atoms with van der Waals surface area (Å²) in [6.07, 6.45) is 0. The maximum atomic E-state index is 5.87. The number of aryl methyl sites for hydroxylation is 1. The zero-order chi connectivity index (χ0) is 11.1. The van der Waals surface area contributed by atoms with E-state index in [1.807, 2.05) is 19.2 Å². The molecule has 1 heterocycles. The number of rotatable bonds is 1. The van der Waals surface area contributed by atoms with Crippen molar-refractivity contribution >= 4 is 33.4 Å². The van der Waals surface area contributed by atoms with Gasteiger partial charge >= 0.3 is 0 Å². The molecule has 0 amide bonds. The molecule has 0 radical (unpaired) electrons. The van der Waals surface area contributed by atoms with Gasteiger partial charge in [0.1, 0.15) is 5.82 Å². The first-order chi connectivity index (χ1) is 7.81. The molecular formula is C13H11ClN2. The summed E-state index contributed by atoms with van der Waals surface area (Å²) in [7, 11) is 2.01. The second-order valence-electron chi connectivity index (χ2n) is 3.88. The second kappa shape index (κ2) is 3.49. The summed E-state index contributed by atoms with van der Waals surface area (Å²) in [6, 6.07) is 12.5. The Bertz CT molecular complexity index is 670. The van der Waals surface area contributed by atoms with Crippen molar-refractivity contribution in [2.45, 2.75) is 5.88 Å². The molecule has 3 aromatic rings. The van der Waals surface area contributed by atoms with E-state index in [1.54, 1.807) is 0 Å². The fraction of sp³-hybridized carbons (Fsp3) is 0.154. The zero-order valence-corrected chi connectivity index (χ0v) is 9.70. The quantitative estimate of drug-likeness (QED) is 0.586. The Morgan fingerprint density at radius 3 is 2.81 bits per heavy atom. The van der Waals surface area contributed by atoms with E-state index >= 15 is 0 Å². The third-order valence-corrected chi connectivity index (χ3v) is 3.21. The van der Waals surface area contributed by atoms with Crippen LogP contribution in [0.25, 0.3) is 21.8 Å². The Kier molecular flexibility index (Phi) is 2.11. The van der Waals surface area contributed by atoms with Gasteiger partial charge in [-0.1, -0.05) is 30.3 Å². The molecule has 2 nitrogen and oxygen atoms in total. The van der Waals surface area contributed by atoms with Crippen molar-refractivity contribution < 1.29 is 0 Å². The molecule has 0 N–H and O–H groups in total. The summed E-state index contributed by atoms with van der Waals surface area (Å²) in [6.45, 7) is 0. The van der Waals surface area contributed by atoms with Crippen LogP contribution in [0.1, 0.15) is 5.82 Å². The average molecular weight is 231 g/mol. The molecule has 16 heavy (non-hydrogen) atoms. The van der Waals surface area contributed by atoms with Crippen LogP contribution in [-0.2, 0) is 12.9 Å². The Morgan fingerprint density at radius 2 is 2.00 bits per heavy atom. The van der Waals surface area contributed by atoms with E-state index in [1.165, 1.54) is 10.8 Å². The van der Waals surface area contributed by atoms with E-state index in [-0.39, 0.29) is 0 Å². The predicted molar refractivity (Wildman–Crippen MR) is 67.8 cm³/mol. The third kappa shape index (κ3) is 1.23. The topological polar surface area (TPSA) is 17.8 Å². The molecular weight excluding hydrogens is 220 g/mol. The molecule has 0 saturated carbocycles. The van der Waals surface area contributed by atoms with Gasteiger partial charge in [0.25, 0.3) is 0 Å². The predicted octanol–water partition coefficient (Wildman–Crippen LogP) is 3.47. The number of imidazole rings is 1. The molecule has 0 spiro atoms. The van der Waals surface area contributed by atoms with Gasteiger partial charge in [0.2, 0.25) is 0 Å². The Hall–Kier alpha value is -1.54. The number of fused-ring (bicyclic) bond motifs is 3. The van der Waals surface area contributed by atoms with Crippen LogP contribution < -0.4 is 0 Å². The molecule has 0 atom stereocenters. The van der Waals surface area contributed by atoms with Crippen molar-refractivity contribution in [3.05, 3.63) is 42.2 Å². The summed E-state index contributed by atoms with van der Waals surface area (Å²) in [5, 5.41) is 2.46. The molecule has 0 aliphatic rings. The van der Waals surface area contributed by atoms with Gasteiger partial charge in [-0.15, -0.1) is 11.6 Å². The highest BCUT2D eigenvalue weighted by molar-refractivity contribution is 6.17. The van der Waals surface area contributed by atoms with E-state index in [2.05, 4.69) is 33.8 Å². The van der Waals surface area contributed by atoms with Crippen molar-refractivity contribution in [2.24, 2.45) is 7.05 Å². The van der Waals surface area contributed by atoms with Gasteiger partial charge in [0.15, 0.2) is 0 Å². The number of nitrogens with zero attached hydrogens (tertiary/aromatic N) is 2. The molecule has 3 heteroatoms. The summed E-state index contributed by atoms with van der Waals surface area (Å²) < 4.78 is 2.07. The molecule has 80 valence electrons. The van der Waals surface area contributed by atoms with E-state index in [9.17, 15) is 0 Å². The Labute approximate surface area is 98.5 Å². The number of hydrogen-bond donors (Lipinski definition) is 0. The molecule has 3 rings (SSSR count). The number of halogens is 1. The van der Waals surface area contributed by atoms with E-state index in [0.29, 0.717) is 5.88 Å². The normalized spacial score (nSPS) is 11.4. The summed E-state index contributed by atoms with van der Waals surface area (Å²) in [5.41, 5.74) is 2.17. The number of benzene rings is 2. The molecule has 0 bridgehead atoms. The smallest absolute Gasteiger partial charge is 0.124 e. The first-order valence-corrected chi connectivity index (χ1v) is 5.74. The largest absolute Gasteiger partial charge is 0.330 e. The molecule has 0 saturated heterocycles. The first-order valence-electron chi connectivity index (χ1n) is 5.20. The lowest BCUT2D eigenvalue weighted by molar-refractivity contribution is 0.876. The first kappa shape index (κ1) is 9.67. The standard InChI is InChI=1S/C13H11ClN2/c1-16-12(8-14)15-11-7-6-9-4-2-3-5-10(9)13(11)16/h2-7H,8H2,1H3. The minimum absolute atomic E-state index is 0.444. The van der Waals surface area contributed by atoms with Crippen LogP contribution in [0, 0.1) is 0 Å². The highest BCUT2D eigenvalue weighted by Gasteiger charge is 2.09. The van der Waals surface area contributed by atoms with Gasteiger partial charge in [0.05, 0.1) is 16.9 Å². The van der Waals surface area contributed by atoms with Crippen LogP contribution in [0.2, 0.25) is 0 Å². The minimum atomic E-state index is 0.444. The summed E-state index contributed by atoms with van der Waals surface area (Å²) >= 11 is 5.87. The minimum Gasteiger partial charge on any atom is -0.330 e. The van der Waals surface area contributed by atoms with Crippen molar-refractivity contribution in [2.75, 3.05) is 0 Å². The SMILES string of the molecule is Cn1c(CCl)nc2ccc3ccccc3c21. The summed E-state index contributed by atoms with van der Waals surface area (Å²) in [5.74, 6) is 1.35. The molecule has 2 aromatic carbocycles. The maximum absolute atomic E-state index is 5.87. The van der Waals surface area contributed by atoms with Crippen LogP contribution in [-0.4, -0.2) is 9.55 Å². The Morgan fingerprint density at radius 1 is 1.19 bits per heavy atom. The average Bonchev–Trinajstić information content (AvgIpc) is 2.66. The van der Waals surface area contributed by atoms with Gasteiger partial charge in [-0.05, 0) is 11.5 Å².